The molecule has 96 valence electrons. The summed E-state index contributed by atoms with van der Waals surface area (Å²) < 4.78 is 39.4. The minimum atomic E-state index is -3.77. The van der Waals surface area contributed by atoms with Gasteiger partial charge in [0.1, 0.15) is 10.7 Å². The van der Waals surface area contributed by atoms with E-state index in [1.165, 1.54) is 18.2 Å². The van der Waals surface area contributed by atoms with Crippen molar-refractivity contribution in [3.63, 3.8) is 0 Å². The second kappa shape index (κ2) is 5.60. The van der Waals surface area contributed by atoms with Crippen LogP contribution in [0, 0.1) is 5.82 Å². The maximum absolute atomic E-state index is 13.4. The van der Waals surface area contributed by atoms with Gasteiger partial charge in [0.2, 0.25) is 10.0 Å². The van der Waals surface area contributed by atoms with Crippen LogP contribution >= 0.6 is 11.3 Å². The van der Waals surface area contributed by atoms with Crippen molar-refractivity contribution in [1.29, 1.82) is 0 Å². The lowest BCUT2D eigenvalue weighted by Crippen LogP contribution is -2.26. The Hall–Kier alpha value is -1.24. The summed E-state index contributed by atoms with van der Waals surface area (Å²) in [4.78, 5) is -0.310. The average Bonchev–Trinajstić information content (AvgIpc) is 2.82. The largest absolute Gasteiger partial charge is 0.243 e. The van der Waals surface area contributed by atoms with Crippen LogP contribution in [0.2, 0.25) is 0 Å². The smallest absolute Gasteiger partial charge is 0.211 e. The predicted molar refractivity (Wildman–Crippen MR) is 69.6 cm³/mol. The first-order chi connectivity index (χ1) is 8.59. The van der Waals surface area contributed by atoms with E-state index in [4.69, 9.17) is 0 Å². The van der Waals surface area contributed by atoms with Gasteiger partial charge in [-0.3, -0.25) is 0 Å². The Morgan fingerprint density at radius 3 is 2.67 bits per heavy atom. The van der Waals surface area contributed by atoms with Gasteiger partial charge in [-0.25, -0.2) is 17.5 Å². The van der Waals surface area contributed by atoms with Crippen LogP contribution in [0.1, 0.15) is 5.56 Å². The minimum Gasteiger partial charge on any atom is -0.211 e. The third-order valence-corrected chi connectivity index (χ3v) is 4.64. The van der Waals surface area contributed by atoms with Crippen molar-refractivity contribution in [2.75, 3.05) is 6.54 Å². The molecule has 2 aromatic rings. The first-order valence-corrected chi connectivity index (χ1v) is 7.77. The molecule has 2 rings (SSSR count). The summed E-state index contributed by atoms with van der Waals surface area (Å²) >= 11 is 1.56. The van der Waals surface area contributed by atoms with E-state index in [2.05, 4.69) is 4.72 Å². The van der Waals surface area contributed by atoms with Crippen LogP contribution in [0.25, 0.3) is 0 Å². The van der Waals surface area contributed by atoms with Crippen molar-refractivity contribution < 1.29 is 12.8 Å². The first kappa shape index (κ1) is 13.2. The number of hydrogen-bond donors (Lipinski definition) is 1. The zero-order valence-electron chi connectivity index (χ0n) is 9.47. The van der Waals surface area contributed by atoms with Gasteiger partial charge in [0.15, 0.2) is 0 Å². The summed E-state index contributed by atoms with van der Waals surface area (Å²) in [6, 6.07) is 7.27. The molecule has 0 saturated carbocycles. The van der Waals surface area contributed by atoms with Crippen molar-refractivity contribution >= 4 is 21.4 Å². The zero-order chi connectivity index (χ0) is 13.0. The molecular formula is C12H12FNO2S2. The molecule has 3 nitrogen and oxygen atoms in total. The number of thiophene rings is 1. The van der Waals surface area contributed by atoms with E-state index in [1.807, 2.05) is 16.8 Å². The fourth-order valence-corrected chi connectivity index (χ4v) is 3.32. The van der Waals surface area contributed by atoms with Gasteiger partial charge in [-0.15, -0.1) is 0 Å². The molecule has 0 radical (unpaired) electrons. The van der Waals surface area contributed by atoms with Gasteiger partial charge < -0.3 is 0 Å². The number of benzene rings is 1. The maximum Gasteiger partial charge on any atom is 0.243 e. The number of nitrogens with one attached hydrogen (secondary N) is 1. The molecule has 0 unspecified atom stereocenters. The highest BCUT2D eigenvalue weighted by molar-refractivity contribution is 7.89. The van der Waals surface area contributed by atoms with Crippen LogP contribution in [0.5, 0.6) is 0 Å². The highest BCUT2D eigenvalue weighted by atomic mass is 32.2. The van der Waals surface area contributed by atoms with Crippen molar-refractivity contribution in [2.24, 2.45) is 0 Å². The quantitative estimate of drug-likeness (QED) is 0.917. The zero-order valence-corrected chi connectivity index (χ0v) is 11.1. The molecule has 0 amide bonds. The monoisotopic (exact) mass is 285 g/mol. The summed E-state index contributed by atoms with van der Waals surface area (Å²) in [6.07, 6.45) is 0.594. The van der Waals surface area contributed by atoms with Gasteiger partial charge in [0, 0.05) is 6.54 Å². The molecule has 0 fully saturated rings. The Bertz CT molecular complexity index is 609. The standard InChI is InChI=1S/C12H12FNO2S2/c13-11-3-1-2-4-12(11)18(15,16)14-7-5-10-6-8-17-9-10/h1-4,6,8-9,14H,5,7H2. The van der Waals surface area contributed by atoms with Gasteiger partial charge in [-0.05, 0) is 40.9 Å². The second-order valence-electron chi connectivity index (χ2n) is 3.71. The van der Waals surface area contributed by atoms with Crippen LogP contribution in [0.15, 0.2) is 46.0 Å². The summed E-state index contributed by atoms with van der Waals surface area (Å²) in [6.45, 7) is 0.257. The van der Waals surface area contributed by atoms with Gasteiger partial charge >= 0.3 is 0 Å². The summed E-state index contributed by atoms with van der Waals surface area (Å²) in [7, 11) is -3.77. The molecule has 0 aliphatic rings. The van der Waals surface area contributed by atoms with Crippen LogP contribution in [0.4, 0.5) is 4.39 Å². The molecule has 1 heterocycles. The second-order valence-corrected chi connectivity index (χ2v) is 6.23. The van der Waals surface area contributed by atoms with Crippen LogP contribution in [0.3, 0.4) is 0 Å². The van der Waals surface area contributed by atoms with Crippen LogP contribution in [-0.2, 0) is 16.4 Å². The number of rotatable bonds is 5. The normalized spacial score (nSPS) is 11.6. The molecule has 0 aliphatic carbocycles. The molecule has 1 N–H and O–H groups in total. The van der Waals surface area contributed by atoms with Crippen molar-refractivity contribution in [3.8, 4) is 0 Å². The number of sulfonamides is 1. The summed E-state index contributed by atoms with van der Waals surface area (Å²) in [5, 5.41) is 3.89. The Balaban J connectivity index is 2.02. The van der Waals surface area contributed by atoms with Crippen molar-refractivity contribution in [3.05, 3.63) is 52.5 Å². The highest BCUT2D eigenvalue weighted by Crippen LogP contribution is 2.13. The average molecular weight is 285 g/mol. The maximum atomic E-state index is 13.4. The van der Waals surface area contributed by atoms with E-state index in [1.54, 1.807) is 11.3 Å². The van der Waals surface area contributed by atoms with E-state index in [0.717, 1.165) is 11.6 Å². The van der Waals surface area contributed by atoms with E-state index in [-0.39, 0.29) is 11.4 Å². The van der Waals surface area contributed by atoms with Gasteiger partial charge in [0.05, 0.1) is 0 Å². The van der Waals surface area contributed by atoms with E-state index in [0.29, 0.717) is 6.42 Å². The van der Waals surface area contributed by atoms with E-state index in [9.17, 15) is 12.8 Å². The van der Waals surface area contributed by atoms with Gasteiger partial charge in [-0.1, -0.05) is 12.1 Å². The lowest BCUT2D eigenvalue weighted by atomic mass is 10.2. The fourth-order valence-electron chi connectivity index (χ4n) is 1.51. The lowest BCUT2D eigenvalue weighted by Gasteiger charge is -2.06. The Kier molecular flexibility index (Phi) is 4.11. The molecule has 0 atom stereocenters. The van der Waals surface area contributed by atoms with Gasteiger partial charge in [0.25, 0.3) is 0 Å². The van der Waals surface area contributed by atoms with Crippen molar-refractivity contribution in [2.45, 2.75) is 11.3 Å². The predicted octanol–water partition coefficient (Wildman–Crippen LogP) is 2.41. The molecule has 1 aromatic carbocycles. The van der Waals surface area contributed by atoms with E-state index >= 15 is 0 Å². The summed E-state index contributed by atoms with van der Waals surface area (Å²) in [5.74, 6) is -0.736. The highest BCUT2D eigenvalue weighted by Gasteiger charge is 2.17. The third kappa shape index (κ3) is 3.16. The van der Waals surface area contributed by atoms with Gasteiger partial charge in [-0.2, -0.15) is 11.3 Å². The Morgan fingerprint density at radius 2 is 2.00 bits per heavy atom. The molecule has 0 bridgehead atoms. The fraction of sp³-hybridized carbons (Fsp3) is 0.167. The first-order valence-electron chi connectivity index (χ1n) is 5.35. The molecule has 0 saturated heterocycles. The molecular weight excluding hydrogens is 273 g/mol. The Labute approximate surface area is 109 Å². The Morgan fingerprint density at radius 1 is 1.22 bits per heavy atom. The van der Waals surface area contributed by atoms with Crippen molar-refractivity contribution in [1.82, 2.24) is 4.72 Å². The lowest BCUT2D eigenvalue weighted by molar-refractivity contribution is 0.557. The molecule has 0 spiro atoms. The third-order valence-electron chi connectivity index (χ3n) is 2.41. The topological polar surface area (TPSA) is 46.2 Å². The van der Waals surface area contributed by atoms with Crippen LogP contribution in [-0.4, -0.2) is 15.0 Å². The molecule has 0 aliphatic heterocycles. The number of hydrogen-bond acceptors (Lipinski definition) is 3. The molecule has 6 heteroatoms. The number of halogens is 1. The van der Waals surface area contributed by atoms with Crippen LogP contribution < -0.4 is 4.72 Å². The minimum absolute atomic E-state index is 0.257. The van der Waals surface area contributed by atoms with E-state index < -0.39 is 15.8 Å². The molecule has 18 heavy (non-hydrogen) atoms. The SMILES string of the molecule is O=S(=O)(NCCc1ccsc1)c1ccccc1F. The molecule has 1 aromatic heterocycles. The summed E-state index contributed by atoms with van der Waals surface area (Å²) in [5.41, 5.74) is 1.07.